The highest BCUT2D eigenvalue weighted by atomic mass is 32.2. The Kier molecular flexibility index (Phi) is 5.45. The van der Waals surface area contributed by atoms with Gasteiger partial charge in [-0.05, 0) is 54.8 Å². The second-order valence-electron chi connectivity index (χ2n) is 6.17. The summed E-state index contributed by atoms with van der Waals surface area (Å²) in [4.78, 5) is 16.3. The predicted molar refractivity (Wildman–Crippen MR) is 94.4 cm³/mol. The fourth-order valence-electron chi connectivity index (χ4n) is 2.90. The van der Waals surface area contributed by atoms with E-state index >= 15 is 0 Å². The molecular weight excluding hydrogens is 338 g/mol. The molecule has 0 aliphatic heterocycles. The smallest absolute Gasteiger partial charge is 0.251 e. The monoisotopic (exact) mass is 359 g/mol. The molecule has 132 valence electrons. The van der Waals surface area contributed by atoms with Crippen molar-refractivity contribution in [3.05, 3.63) is 59.9 Å². The van der Waals surface area contributed by atoms with Crippen LogP contribution in [0.4, 0.5) is 0 Å². The Morgan fingerprint density at radius 3 is 2.32 bits per heavy atom. The van der Waals surface area contributed by atoms with Crippen LogP contribution in [0.2, 0.25) is 0 Å². The maximum absolute atomic E-state index is 12.4. The Morgan fingerprint density at radius 1 is 1.04 bits per heavy atom. The number of aromatic nitrogens is 1. The molecule has 1 aliphatic carbocycles. The van der Waals surface area contributed by atoms with Crippen LogP contribution >= 0.6 is 0 Å². The van der Waals surface area contributed by atoms with Gasteiger partial charge in [0.2, 0.25) is 10.0 Å². The molecule has 3 rings (SSSR count). The second kappa shape index (κ2) is 7.76. The van der Waals surface area contributed by atoms with Gasteiger partial charge < -0.3 is 5.32 Å². The minimum absolute atomic E-state index is 0.0216. The van der Waals surface area contributed by atoms with E-state index in [0.717, 1.165) is 31.2 Å². The summed E-state index contributed by atoms with van der Waals surface area (Å²) in [5.74, 6) is -0.246. The summed E-state index contributed by atoms with van der Waals surface area (Å²) in [7, 11) is -3.53. The normalized spacial score (nSPS) is 15.2. The summed E-state index contributed by atoms with van der Waals surface area (Å²) < 4.78 is 27.5. The van der Waals surface area contributed by atoms with Crippen LogP contribution in [0, 0.1) is 0 Å². The van der Waals surface area contributed by atoms with Crippen LogP contribution in [0.1, 0.15) is 41.6 Å². The Morgan fingerprint density at radius 2 is 1.68 bits per heavy atom. The number of benzene rings is 1. The van der Waals surface area contributed by atoms with Gasteiger partial charge in [-0.3, -0.25) is 9.78 Å². The van der Waals surface area contributed by atoms with Gasteiger partial charge in [0.15, 0.2) is 0 Å². The molecule has 1 amide bonds. The zero-order chi connectivity index (χ0) is 17.7. The number of hydrogen-bond acceptors (Lipinski definition) is 4. The van der Waals surface area contributed by atoms with E-state index < -0.39 is 10.0 Å². The highest BCUT2D eigenvalue weighted by Gasteiger charge is 2.22. The molecule has 1 fully saturated rings. The minimum atomic E-state index is -3.53. The molecule has 1 aliphatic rings. The summed E-state index contributed by atoms with van der Waals surface area (Å²) in [5.41, 5.74) is 1.37. The van der Waals surface area contributed by atoms with Gasteiger partial charge in [0.05, 0.1) is 4.90 Å². The lowest BCUT2D eigenvalue weighted by atomic mass is 10.2. The summed E-state index contributed by atoms with van der Waals surface area (Å²) in [6.07, 6.45) is 7.22. The van der Waals surface area contributed by atoms with Crippen molar-refractivity contribution in [1.29, 1.82) is 0 Å². The Hall–Kier alpha value is -2.25. The van der Waals surface area contributed by atoms with Crippen molar-refractivity contribution in [3.63, 3.8) is 0 Å². The van der Waals surface area contributed by atoms with Crippen molar-refractivity contribution in [2.24, 2.45) is 0 Å². The molecule has 0 bridgehead atoms. The van der Waals surface area contributed by atoms with Crippen molar-refractivity contribution >= 4 is 15.9 Å². The number of nitrogens with zero attached hydrogens (tertiary/aromatic N) is 1. The lowest BCUT2D eigenvalue weighted by Gasteiger charge is -2.13. The summed E-state index contributed by atoms with van der Waals surface area (Å²) >= 11 is 0. The lowest BCUT2D eigenvalue weighted by Crippen LogP contribution is -2.32. The molecule has 25 heavy (non-hydrogen) atoms. The number of rotatable bonds is 6. The van der Waals surface area contributed by atoms with Crippen LogP contribution < -0.4 is 10.0 Å². The molecule has 7 heteroatoms. The third-order valence-corrected chi connectivity index (χ3v) is 5.84. The number of hydrogen-bond donors (Lipinski definition) is 2. The lowest BCUT2D eigenvalue weighted by molar-refractivity contribution is 0.0951. The topological polar surface area (TPSA) is 88.2 Å². The van der Waals surface area contributed by atoms with E-state index in [1.165, 1.54) is 24.3 Å². The molecule has 2 aromatic rings. The first kappa shape index (κ1) is 17.6. The molecule has 1 aromatic heterocycles. The highest BCUT2D eigenvalue weighted by Crippen LogP contribution is 2.20. The summed E-state index contributed by atoms with van der Waals surface area (Å²) in [6, 6.07) is 9.68. The Bertz CT molecular complexity index is 814. The van der Waals surface area contributed by atoms with E-state index in [2.05, 4.69) is 15.0 Å². The van der Waals surface area contributed by atoms with Crippen LogP contribution in [0.5, 0.6) is 0 Å². The number of carbonyl (C=O) groups excluding carboxylic acids is 1. The van der Waals surface area contributed by atoms with Gasteiger partial charge in [0.25, 0.3) is 5.91 Å². The number of pyridine rings is 1. The number of amides is 1. The van der Waals surface area contributed by atoms with E-state index in [1.54, 1.807) is 12.4 Å². The second-order valence-corrected chi connectivity index (χ2v) is 7.88. The van der Waals surface area contributed by atoms with Crippen LogP contribution in [-0.2, 0) is 16.6 Å². The van der Waals surface area contributed by atoms with E-state index in [9.17, 15) is 13.2 Å². The fourth-order valence-corrected chi connectivity index (χ4v) is 4.21. The molecule has 6 nitrogen and oxygen atoms in total. The van der Waals surface area contributed by atoms with E-state index in [0.29, 0.717) is 12.1 Å². The standard InChI is InChI=1S/C18H21N3O3S/c22-18(20-13-14-9-11-19-12-10-14)15-5-7-17(8-6-15)25(23,24)21-16-3-1-2-4-16/h5-12,16,21H,1-4,13H2,(H,20,22). The van der Waals surface area contributed by atoms with Crippen LogP contribution in [-0.4, -0.2) is 25.4 Å². The van der Waals surface area contributed by atoms with Crippen LogP contribution in [0.3, 0.4) is 0 Å². The highest BCUT2D eigenvalue weighted by molar-refractivity contribution is 7.89. The molecule has 1 saturated carbocycles. The minimum Gasteiger partial charge on any atom is -0.348 e. The maximum Gasteiger partial charge on any atom is 0.251 e. The first-order chi connectivity index (χ1) is 12.0. The average Bonchev–Trinajstić information content (AvgIpc) is 3.13. The molecule has 1 heterocycles. The molecule has 0 radical (unpaired) electrons. The van der Waals surface area contributed by atoms with Crippen LogP contribution in [0.25, 0.3) is 0 Å². The van der Waals surface area contributed by atoms with E-state index in [1.807, 2.05) is 12.1 Å². The van der Waals surface area contributed by atoms with Gasteiger partial charge in [-0.1, -0.05) is 12.8 Å². The molecule has 1 aromatic carbocycles. The van der Waals surface area contributed by atoms with Gasteiger partial charge in [-0.15, -0.1) is 0 Å². The third-order valence-electron chi connectivity index (χ3n) is 4.31. The van der Waals surface area contributed by atoms with Gasteiger partial charge in [-0.2, -0.15) is 0 Å². The van der Waals surface area contributed by atoms with Gasteiger partial charge in [0.1, 0.15) is 0 Å². The molecule has 0 unspecified atom stereocenters. The number of nitrogens with one attached hydrogen (secondary N) is 2. The fraction of sp³-hybridized carbons (Fsp3) is 0.333. The SMILES string of the molecule is O=C(NCc1ccncc1)c1ccc(S(=O)(=O)NC2CCCC2)cc1. The summed E-state index contributed by atoms with van der Waals surface area (Å²) in [6.45, 7) is 0.393. The van der Waals surface area contributed by atoms with Gasteiger partial charge in [0, 0.05) is 30.5 Å². The van der Waals surface area contributed by atoms with E-state index in [4.69, 9.17) is 0 Å². The van der Waals surface area contributed by atoms with Crippen LogP contribution in [0.15, 0.2) is 53.7 Å². The maximum atomic E-state index is 12.4. The molecular formula is C18H21N3O3S. The molecule has 0 spiro atoms. The van der Waals surface area contributed by atoms with Gasteiger partial charge >= 0.3 is 0 Å². The zero-order valence-corrected chi connectivity index (χ0v) is 14.6. The molecule has 2 N–H and O–H groups in total. The predicted octanol–water partition coefficient (Wildman–Crippen LogP) is 2.23. The van der Waals surface area contributed by atoms with Gasteiger partial charge in [-0.25, -0.2) is 13.1 Å². The van der Waals surface area contributed by atoms with Crippen molar-refractivity contribution in [2.75, 3.05) is 0 Å². The Labute approximate surface area is 147 Å². The third kappa shape index (κ3) is 4.64. The Balaban J connectivity index is 1.62. The van der Waals surface area contributed by atoms with E-state index in [-0.39, 0.29) is 16.8 Å². The number of carbonyl (C=O) groups is 1. The zero-order valence-electron chi connectivity index (χ0n) is 13.8. The quantitative estimate of drug-likeness (QED) is 0.828. The average molecular weight is 359 g/mol. The van der Waals surface area contributed by atoms with Crippen molar-refractivity contribution < 1.29 is 13.2 Å². The van der Waals surface area contributed by atoms with Crippen molar-refractivity contribution in [3.8, 4) is 0 Å². The first-order valence-electron chi connectivity index (χ1n) is 8.34. The number of sulfonamides is 1. The summed E-state index contributed by atoms with van der Waals surface area (Å²) in [5, 5.41) is 2.80. The van der Waals surface area contributed by atoms with Crippen molar-refractivity contribution in [2.45, 2.75) is 43.2 Å². The molecule has 0 atom stereocenters. The molecule has 0 saturated heterocycles. The largest absolute Gasteiger partial charge is 0.348 e. The first-order valence-corrected chi connectivity index (χ1v) is 9.82. The van der Waals surface area contributed by atoms with Crippen molar-refractivity contribution in [1.82, 2.24) is 15.0 Å².